The van der Waals surface area contributed by atoms with Crippen molar-refractivity contribution in [3.63, 3.8) is 0 Å². The van der Waals surface area contributed by atoms with E-state index in [4.69, 9.17) is 9.84 Å². The second-order valence-corrected chi connectivity index (χ2v) is 6.16. The number of anilines is 1. The van der Waals surface area contributed by atoms with Crippen molar-refractivity contribution in [3.05, 3.63) is 30.0 Å². The van der Waals surface area contributed by atoms with E-state index >= 15 is 0 Å². The minimum Gasteiger partial charge on any atom is -0.425 e. The number of carbonyl (C=O) groups is 1. The molecule has 28 heavy (non-hydrogen) atoms. The number of benzene rings is 1. The highest BCUT2D eigenvalue weighted by molar-refractivity contribution is 5.98. The summed E-state index contributed by atoms with van der Waals surface area (Å²) in [6, 6.07) is 4.97. The van der Waals surface area contributed by atoms with Crippen molar-refractivity contribution < 1.29 is 32.5 Å². The molecule has 0 radical (unpaired) electrons. The van der Waals surface area contributed by atoms with Crippen molar-refractivity contribution in [1.29, 1.82) is 0 Å². The van der Waals surface area contributed by atoms with Crippen LogP contribution in [0.4, 0.5) is 19.0 Å². The number of ether oxygens (including phenoxy) is 2. The zero-order chi connectivity index (χ0) is 20.3. The smallest absolute Gasteiger partial charge is 0.425 e. The lowest BCUT2D eigenvalue weighted by molar-refractivity contribution is -0.274. The number of fused-ring (bicyclic) bond motifs is 1. The van der Waals surface area contributed by atoms with Gasteiger partial charge >= 0.3 is 12.4 Å². The number of aliphatic hydroxyl groups is 1. The Morgan fingerprint density at radius 3 is 2.75 bits per heavy atom. The van der Waals surface area contributed by atoms with Gasteiger partial charge in [-0.25, -0.2) is 0 Å². The SMILES string of the molecule is CN1CCN(CCCO)C(=O)c2[nH]c(Oc3cccc(OC(F)(F)F)c3)nc21. The van der Waals surface area contributed by atoms with Crippen LogP contribution in [0, 0.1) is 0 Å². The lowest BCUT2D eigenvalue weighted by Gasteiger charge is -2.20. The molecule has 0 atom stereocenters. The van der Waals surface area contributed by atoms with Gasteiger partial charge in [0.25, 0.3) is 5.91 Å². The molecule has 1 aromatic carbocycles. The second kappa shape index (κ2) is 7.97. The molecule has 152 valence electrons. The number of rotatable bonds is 6. The molecular weight excluding hydrogens is 381 g/mol. The molecule has 0 fully saturated rings. The quantitative estimate of drug-likeness (QED) is 0.774. The number of aromatic amines is 1. The minimum atomic E-state index is -4.81. The third-order valence-electron chi connectivity index (χ3n) is 4.07. The Bertz CT molecular complexity index is 840. The molecule has 0 saturated heterocycles. The van der Waals surface area contributed by atoms with Gasteiger partial charge in [0.1, 0.15) is 11.5 Å². The number of imidazole rings is 1. The molecule has 0 bridgehead atoms. The van der Waals surface area contributed by atoms with Crippen LogP contribution in [0.2, 0.25) is 0 Å². The van der Waals surface area contributed by atoms with Crippen LogP contribution in [0.25, 0.3) is 0 Å². The molecular formula is C17H19F3N4O4. The van der Waals surface area contributed by atoms with E-state index < -0.39 is 12.1 Å². The number of nitrogens with one attached hydrogen (secondary N) is 1. The van der Waals surface area contributed by atoms with Gasteiger partial charge in [0.2, 0.25) is 0 Å². The van der Waals surface area contributed by atoms with Gasteiger partial charge < -0.3 is 29.4 Å². The van der Waals surface area contributed by atoms with Crippen LogP contribution >= 0.6 is 0 Å². The highest BCUT2D eigenvalue weighted by Gasteiger charge is 2.31. The molecule has 1 aliphatic heterocycles. The number of amides is 1. The summed E-state index contributed by atoms with van der Waals surface area (Å²) in [5, 5.41) is 8.99. The van der Waals surface area contributed by atoms with Crippen molar-refractivity contribution in [2.45, 2.75) is 12.8 Å². The minimum absolute atomic E-state index is 0.0276. The first-order chi connectivity index (χ1) is 13.3. The van der Waals surface area contributed by atoms with Crippen molar-refractivity contribution >= 4 is 11.7 Å². The summed E-state index contributed by atoms with van der Waals surface area (Å²) in [7, 11) is 1.77. The number of H-pyrrole nitrogens is 1. The zero-order valence-corrected chi connectivity index (χ0v) is 15.0. The Labute approximate surface area is 158 Å². The summed E-state index contributed by atoms with van der Waals surface area (Å²) in [4.78, 5) is 23.1. The van der Waals surface area contributed by atoms with E-state index in [-0.39, 0.29) is 30.0 Å². The van der Waals surface area contributed by atoms with E-state index in [2.05, 4.69) is 14.7 Å². The largest absolute Gasteiger partial charge is 0.573 e. The van der Waals surface area contributed by atoms with E-state index in [9.17, 15) is 18.0 Å². The molecule has 2 heterocycles. The van der Waals surface area contributed by atoms with E-state index in [1.54, 1.807) is 16.8 Å². The maximum atomic E-state index is 12.7. The van der Waals surface area contributed by atoms with Gasteiger partial charge in [0.15, 0.2) is 11.5 Å². The fourth-order valence-corrected chi connectivity index (χ4v) is 2.77. The molecule has 2 aromatic rings. The molecule has 0 spiro atoms. The van der Waals surface area contributed by atoms with Crippen LogP contribution in [0.3, 0.4) is 0 Å². The number of nitrogens with zero attached hydrogens (tertiary/aromatic N) is 3. The number of hydrogen-bond acceptors (Lipinski definition) is 6. The monoisotopic (exact) mass is 400 g/mol. The van der Waals surface area contributed by atoms with E-state index in [1.165, 1.54) is 12.1 Å². The Hall–Kier alpha value is -2.95. The fraction of sp³-hybridized carbons (Fsp3) is 0.412. The first kappa shape index (κ1) is 19.8. The summed E-state index contributed by atoms with van der Waals surface area (Å²) in [6.45, 7) is 1.38. The average Bonchev–Trinajstić information content (AvgIpc) is 2.99. The number of likely N-dealkylation sites (N-methyl/N-ethyl adjacent to an activating group) is 1. The molecule has 0 aliphatic carbocycles. The van der Waals surface area contributed by atoms with Crippen LogP contribution in [-0.4, -0.2) is 65.5 Å². The van der Waals surface area contributed by atoms with Gasteiger partial charge in [0, 0.05) is 39.4 Å². The first-order valence-corrected chi connectivity index (χ1v) is 8.52. The average molecular weight is 400 g/mol. The van der Waals surface area contributed by atoms with Crippen LogP contribution in [0.15, 0.2) is 24.3 Å². The molecule has 11 heteroatoms. The Morgan fingerprint density at radius 2 is 2.04 bits per heavy atom. The summed E-state index contributed by atoms with van der Waals surface area (Å²) in [5.41, 5.74) is 0.218. The van der Waals surface area contributed by atoms with Crippen LogP contribution in [-0.2, 0) is 0 Å². The van der Waals surface area contributed by atoms with Crippen LogP contribution in [0.5, 0.6) is 17.5 Å². The van der Waals surface area contributed by atoms with Gasteiger partial charge in [-0.2, -0.15) is 4.98 Å². The fourth-order valence-electron chi connectivity index (χ4n) is 2.77. The Kier molecular flexibility index (Phi) is 5.63. The topological polar surface area (TPSA) is 90.9 Å². The van der Waals surface area contributed by atoms with E-state index in [0.717, 1.165) is 12.1 Å². The van der Waals surface area contributed by atoms with Crippen molar-refractivity contribution in [3.8, 4) is 17.5 Å². The number of alkyl halides is 3. The summed E-state index contributed by atoms with van der Waals surface area (Å²) >= 11 is 0. The molecule has 1 amide bonds. The van der Waals surface area contributed by atoms with Crippen LogP contribution < -0.4 is 14.4 Å². The third-order valence-corrected chi connectivity index (χ3v) is 4.07. The van der Waals surface area contributed by atoms with Gasteiger partial charge in [-0.1, -0.05) is 6.07 Å². The Morgan fingerprint density at radius 1 is 1.29 bits per heavy atom. The highest BCUT2D eigenvalue weighted by atomic mass is 19.4. The second-order valence-electron chi connectivity index (χ2n) is 6.16. The summed E-state index contributed by atoms with van der Waals surface area (Å²) in [5.74, 6) is -0.266. The normalized spacial score (nSPS) is 14.7. The van der Waals surface area contributed by atoms with E-state index in [1.807, 2.05) is 0 Å². The number of carbonyl (C=O) groups excluding carboxylic acids is 1. The maximum absolute atomic E-state index is 12.7. The van der Waals surface area contributed by atoms with E-state index in [0.29, 0.717) is 31.9 Å². The van der Waals surface area contributed by atoms with Gasteiger partial charge in [0.05, 0.1) is 0 Å². The summed E-state index contributed by atoms with van der Waals surface area (Å²) < 4.78 is 46.4. The highest BCUT2D eigenvalue weighted by Crippen LogP contribution is 2.30. The lowest BCUT2D eigenvalue weighted by Crippen LogP contribution is -2.35. The predicted octanol–water partition coefficient (Wildman–Crippen LogP) is 2.38. The molecule has 0 saturated carbocycles. The van der Waals surface area contributed by atoms with Crippen LogP contribution in [0.1, 0.15) is 16.9 Å². The number of hydrogen-bond donors (Lipinski definition) is 2. The maximum Gasteiger partial charge on any atom is 0.573 e. The molecule has 0 unspecified atom stereocenters. The lowest BCUT2D eigenvalue weighted by atomic mass is 10.3. The molecule has 2 N–H and O–H groups in total. The first-order valence-electron chi connectivity index (χ1n) is 8.52. The number of halogens is 3. The number of aliphatic hydroxyl groups excluding tert-OH is 1. The summed E-state index contributed by atoms with van der Waals surface area (Å²) in [6.07, 6.45) is -4.36. The standard InChI is InChI=1S/C17H19F3N4O4/c1-23-7-8-24(6-3-9-25)15(26)13-14(23)22-16(21-13)27-11-4-2-5-12(10-11)28-17(18,19)20/h2,4-5,10,25H,3,6-9H2,1H3,(H,21,22). The Balaban J connectivity index is 1.81. The van der Waals surface area contributed by atoms with Crippen molar-refractivity contribution in [2.24, 2.45) is 0 Å². The zero-order valence-electron chi connectivity index (χ0n) is 15.0. The van der Waals surface area contributed by atoms with Crippen molar-refractivity contribution in [2.75, 3.05) is 38.2 Å². The van der Waals surface area contributed by atoms with Gasteiger partial charge in [-0.15, -0.1) is 13.2 Å². The predicted molar refractivity (Wildman–Crippen MR) is 92.7 cm³/mol. The van der Waals surface area contributed by atoms with Gasteiger partial charge in [-0.3, -0.25) is 4.79 Å². The molecule has 3 rings (SSSR count). The number of aromatic nitrogens is 2. The molecule has 1 aromatic heterocycles. The molecule has 8 nitrogen and oxygen atoms in total. The molecule has 1 aliphatic rings. The van der Waals surface area contributed by atoms with Gasteiger partial charge in [-0.05, 0) is 18.6 Å². The van der Waals surface area contributed by atoms with Crippen molar-refractivity contribution in [1.82, 2.24) is 14.9 Å². The third kappa shape index (κ3) is 4.66.